The summed E-state index contributed by atoms with van der Waals surface area (Å²) >= 11 is 0. The van der Waals surface area contributed by atoms with Gasteiger partial charge in [-0.15, -0.1) is 0 Å². The first-order chi connectivity index (χ1) is 3.95. The van der Waals surface area contributed by atoms with Crippen molar-refractivity contribution in [2.75, 3.05) is 12.4 Å². The van der Waals surface area contributed by atoms with Gasteiger partial charge in [-0.05, 0) is 0 Å². The van der Waals surface area contributed by atoms with Crippen LogP contribution in [0.15, 0.2) is 0 Å². The fourth-order valence-corrected chi connectivity index (χ4v) is 0.865. The molecule has 1 atom stereocenters. The Balaban J connectivity index is 3.75. The normalized spacial score (nSPS) is 15.4. The van der Waals surface area contributed by atoms with Crippen molar-refractivity contribution in [3.8, 4) is 0 Å². The van der Waals surface area contributed by atoms with Gasteiger partial charge in [-0.3, -0.25) is 0 Å². The Hall–Kier alpha value is -0.170. The number of aliphatic hydroxyl groups excluding tert-OH is 2. The number of hydrogen-bond donors (Lipinski definition) is 2. The topological polar surface area (TPSA) is 97.7 Å². The van der Waals surface area contributed by atoms with Crippen molar-refractivity contribution in [3.63, 3.8) is 0 Å². The van der Waals surface area contributed by atoms with Gasteiger partial charge in [-0.25, -0.2) is 8.42 Å². The van der Waals surface area contributed by atoms with Crippen LogP contribution in [-0.4, -0.2) is 41.6 Å². The van der Waals surface area contributed by atoms with Gasteiger partial charge in [0.1, 0.15) is 0 Å². The molecule has 0 saturated heterocycles. The van der Waals surface area contributed by atoms with Gasteiger partial charge >= 0.3 is 0 Å². The van der Waals surface area contributed by atoms with Crippen LogP contribution in [-0.2, 0) is 10.1 Å². The molecule has 9 heavy (non-hydrogen) atoms. The van der Waals surface area contributed by atoms with Gasteiger partial charge in [0.05, 0.1) is 28.6 Å². The summed E-state index contributed by atoms with van der Waals surface area (Å²) < 4.78 is 29.3. The van der Waals surface area contributed by atoms with E-state index in [-0.39, 0.29) is 0 Å². The van der Waals surface area contributed by atoms with Crippen LogP contribution in [0.4, 0.5) is 0 Å². The molecule has 0 aromatic rings. The fraction of sp³-hybridized carbons (Fsp3) is 1.00. The molecular formula is C3H7O5S-. The summed E-state index contributed by atoms with van der Waals surface area (Å²) in [5, 5.41) is 16.4. The largest absolute Gasteiger partial charge is 0.748 e. The Morgan fingerprint density at radius 2 is 2.00 bits per heavy atom. The molecule has 0 aliphatic rings. The van der Waals surface area contributed by atoms with E-state index in [0.717, 1.165) is 0 Å². The summed E-state index contributed by atoms with van der Waals surface area (Å²) in [6, 6.07) is 0. The third-order valence-corrected chi connectivity index (χ3v) is 1.40. The molecule has 0 aromatic carbocycles. The van der Waals surface area contributed by atoms with Crippen molar-refractivity contribution in [2.24, 2.45) is 0 Å². The van der Waals surface area contributed by atoms with E-state index in [1.807, 2.05) is 0 Å². The summed E-state index contributed by atoms with van der Waals surface area (Å²) in [6.45, 7) is -0.707. The van der Waals surface area contributed by atoms with Crippen molar-refractivity contribution in [2.45, 2.75) is 6.10 Å². The van der Waals surface area contributed by atoms with E-state index >= 15 is 0 Å². The maximum absolute atomic E-state index is 9.77. The summed E-state index contributed by atoms with van der Waals surface area (Å²) in [7, 11) is -4.40. The maximum atomic E-state index is 9.77. The van der Waals surface area contributed by atoms with Crippen LogP contribution < -0.4 is 0 Å². The zero-order chi connectivity index (χ0) is 7.49. The van der Waals surface area contributed by atoms with Crippen molar-refractivity contribution in [1.29, 1.82) is 0 Å². The van der Waals surface area contributed by atoms with E-state index in [9.17, 15) is 13.0 Å². The van der Waals surface area contributed by atoms with Gasteiger partial charge in [0.15, 0.2) is 0 Å². The van der Waals surface area contributed by atoms with Crippen molar-refractivity contribution in [1.82, 2.24) is 0 Å². The minimum atomic E-state index is -4.40. The molecule has 0 saturated carbocycles. The van der Waals surface area contributed by atoms with Gasteiger partial charge in [-0.1, -0.05) is 0 Å². The molecule has 56 valence electrons. The predicted molar refractivity (Wildman–Crippen MR) is 27.7 cm³/mol. The Labute approximate surface area is 52.7 Å². The van der Waals surface area contributed by atoms with Crippen LogP contribution in [0.25, 0.3) is 0 Å². The molecule has 0 rings (SSSR count). The van der Waals surface area contributed by atoms with Gasteiger partial charge in [0.25, 0.3) is 0 Å². The second kappa shape index (κ2) is 3.11. The highest BCUT2D eigenvalue weighted by Gasteiger charge is 2.05. The van der Waals surface area contributed by atoms with Crippen molar-refractivity contribution < 1.29 is 23.2 Å². The third-order valence-electron chi connectivity index (χ3n) is 0.607. The Morgan fingerprint density at radius 1 is 1.56 bits per heavy atom. The van der Waals surface area contributed by atoms with Gasteiger partial charge in [-0.2, -0.15) is 0 Å². The van der Waals surface area contributed by atoms with E-state index in [0.29, 0.717) is 0 Å². The second-order valence-corrected chi connectivity index (χ2v) is 3.01. The van der Waals surface area contributed by atoms with Crippen molar-refractivity contribution >= 4 is 10.1 Å². The van der Waals surface area contributed by atoms with Gasteiger partial charge in [0, 0.05) is 0 Å². The van der Waals surface area contributed by atoms with E-state index in [2.05, 4.69) is 0 Å². The lowest BCUT2D eigenvalue weighted by Gasteiger charge is -2.09. The SMILES string of the molecule is O=S(=O)([O-])C[C@H](O)CO. The molecule has 0 heterocycles. The number of aliphatic hydroxyl groups is 2. The molecule has 0 fully saturated rings. The number of hydrogen-bond acceptors (Lipinski definition) is 5. The van der Waals surface area contributed by atoms with Crippen LogP contribution >= 0.6 is 0 Å². The highest BCUT2D eigenvalue weighted by Crippen LogP contribution is 1.87. The summed E-state index contributed by atoms with van der Waals surface area (Å²) in [5.74, 6) is -0.927. The molecular weight excluding hydrogens is 148 g/mol. The van der Waals surface area contributed by atoms with Crippen LogP contribution in [0.2, 0.25) is 0 Å². The Morgan fingerprint density at radius 3 is 2.11 bits per heavy atom. The zero-order valence-corrected chi connectivity index (χ0v) is 5.34. The van der Waals surface area contributed by atoms with Gasteiger partial charge < -0.3 is 14.8 Å². The fourth-order valence-electron chi connectivity index (χ4n) is 0.288. The number of rotatable bonds is 3. The molecule has 5 nitrogen and oxygen atoms in total. The van der Waals surface area contributed by atoms with Crippen LogP contribution in [0.3, 0.4) is 0 Å². The minimum Gasteiger partial charge on any atom is -0.748 e. The highest BCUT2D eigenvalue weighted by atomic mass is 32.2. The zero-order valence-electron chi connectivity index (χ0n) is 4.52. The van der Waals surface area contributed by atoms with Gasteiger partial charge in [0.2, 0.25) is 0 Å². The van der Waals surface area contributed by atoms with Crippen molar-refractivity contribution in [3.05, 3.63) is 0 Å². The Bertz CT molecular complexity index is 159. The average Bonchev–Trinajstić information content (AvgIpc) is 1.62. The summed E-state index contributed by atoms with van der Waals surface area (Å²) in [6.07, 6.45) is -1.45. The maximum Gasteiger partial charge on any atom is 0.0972 e. The average molecular weight is 155 g/mol. The molecule has 0 aliphatic carbocycles. The van der Waals surface area contributed by atoms with Crippen LogP contribution in [0.1, 0.15) is 0 Å². The first-order valence-electron chi connectivity index (χ1n) is 2.18. The molecule has 0 spiro atoms. The first kappa shape index (κ1) is 8.83. The molecule has 0 aromatic heterocycles. The van der Waals surface area contributed by atoms with E-state index < -0.39 is 28.6 Å². The Kier molecular flexibility index (Phi) is 3.06. The quantitative estimate of drug-likeness (QED) is 0.454. The lowest BCUT2D eigenvalue weighted by Crippen LogP contribution is -2.23. The molecule has 0 amide bonds. The van der Waals surface area contributed by atoms with E-state index in [1.54, 1.807) is 0 Å². The van der Waals surface area contributed by atoms with Crippen LogP contribution in [0, 0.1) is 0 Å². The lowest BCUT2D eigenvalue weighted by atomic mass is 10.4. The highest BCUT2D eigenvalue weighted by molar-refractivity contribution is 7.85. The summed E-state index contributed by atoms with van der Waals surface area (Å²) in [5.41, 5.74) is 0. The summed E-state index contributed by atoms with van der Waals surface area (Å²) in [4.78, 5) is 0. The minimum absolute atomic E-state index is 0.707. The molecule has 2 N–H and O–H groups in total. The molecule has 0 unspecified atom stereocenters. The third kappa shape index (κ3) is 5.71. The first-order valence-corrected chi connectivity index (χ1v) is 3.76. The monoisotopic (exact) mass is 155 g/mol. The van der Waals surface area contributed by atoms with E-state index in [4.69, 9.17) is 10.2 Å². The van der Waals surface area contributed by atoms with E-state index in [1.165, 1.54) is 0 Å². The molecule has 0 radical (unpaired) electrons. The smallest absolute Gasteiger partial charge is 0.0972 e. The predicted octanol–water partition coefficient (Wildman–Crippen LogP) is -2.12. The second-order valence-electron chi connectivity index (χ2n) is 1.56. The molecule has 6 heteroatoms. The molecule has 0 aliphatic heterocycles. The molecule has 0 bridgehead atoms. The van der Waals surface area contributed by atoms with Crippen LogP contribution in [0.5, 0.6) is 0 Å². The lowest BCUT2D eigenvalue weighted by molar-refractivity contribution is 0.110. The standard InChI is InChI=1S/C3H8O5S/c4-1-3(5)2-9(6,7)8/h3-5H,1-2H2,(H,6,7,8)/p-1/t3-/m1/s1.